The number of likely N-dealkylation sites (tertiary alicyclic amines) is 1. The molecule has 1 aliphatic rings. The minimum absolute atomic E-state index is 0.215. The molecule has 0 bridgehead atoms. The zero-order valence-electron chi connectivity index (χ0n) is 15.4. The summed E-state index contributed by atoms with van der Waals surface area (Å²) in [6.45, 7) is 6.84. The first-order valence-corrected chi connectivity index (χ1v) is 9.60. The summed E-state index contributed by atoms with van der Waals surface area (Å²) in [5.74, 6) is 0. The molecule has 26 heavy (non-hydrogen) atoms. The molecule has 1 aliphatic heterocycles. The molecule has 7 nitrogen and oxygen atoms in total. The van der Waals surface area contributed by atoms with E-state index >= 15 is 0 Å². The van der Waals surface area contributed by atoms with Gasteiger partial charge in [-0.05, 0) is 55.5 Å². The second-order valence-electron chi connectivity index (χ2n) is 7.67. The Morgan fingerprint density at radius 1 is 1.46 bits per heavy atom. The number of hydrogen-bond donors (Lipinski definition) is 3. The van der Waals surface area contributed by atoms with E-state index in [0.29, 0.717) is 18.7 Å². The van der Waals surface area contributed by atoms with Crippen LogP contribution in [0.4, 0.5) is 10.5 Å². The lowest BCUT2D eigenvalue weighted by atomic mass is 10.0. The number of benzene rings is 1. The number of carbonyl (C=O) groups is 1. The number of nitrogens with one attached hydrogen (secondary N) is 1. The zero-order valence-corrected chi connectivity index (χ0v) is 17.6. The quantitative estimate of drug-likeness (QED) is 0.472. The highest BCUT2D eigenvalue weighted by Gasteiger charge is 2.36. The van der Waals surface area contributed by atoms with Crippen molar-refractivity contribution in [3.63, 3.8) is 0 Å². The smallest absolute Gasteiger partial charge is 0.410 e. The molecule has 1 saturated heterocycles. The maximum atomic E-state index is 12.1. The fourth-order valence-electron chi connectivity index (χ4n) is 3.12. The molecule has 1 fully saturated rings. The molecule has 1 aromatic carbocycles. The summed E-state index contributed by atoms with van der Waals surface area (Å²) < 4.78 is 6.39. The van der Waals surface area contributed by atoms with Gasteiger partial charge in [-0.2, -0.15) is 0 Å². The van der Waals surface area contributed by atoms with Gasteiger partial charge in [-0.1, -0.05) is 6.07 Å². The Kier molecular flexibility index (Phi) is 5.11. The fourth-order valence-corrected chi connectivity index (χ4v) is 3.70. The third kappa shape index (κ3) is 3.77. The van der Waals surface area contributed by atoms with Crippen molar-refractivity contribution < 1.29 is 14.6 Å². The van der Waals surface area contributed by atoms with E-state index in [-0.39, 0.29) is 12.1 Å². The molecule has 0 aliphatic carbocycles. The van der Waals surface area contributed by atoms with E-state index in [0.717, 1.165) is 20.3 Å². The van der Waals surface area contributed by atoms with E-state index in [1.165, 1.54) is 0 Å². The molecule has 3 rings (SSSR count). The number of rotatable bonds is 3. The topological polar surface area (TPSA) is 94.8 Å². The van der Waals surface area contributed by atoms with E-state index in [2.05, 4.69) is 32.5 Å². The summed E-state index contributed by atoms with van der Waals surface area (Å²) in [6, 6.07) is 6.06. The number of aliphatic hydroxyl groups is 1. The van der Waals surface area contributed by atoms with Crippen LogP contribution in [0.15, 0.2) is 18.2 Å². The summed E-state index contributed by atoms with van der Waals surface area (Å²) in [6.07, 6.45) is -1.30. The summed E-state index contributed by atoms with van der Waals surface area (Å²) >= 11 is 2.21. The number of aliphatic hydroxyl groups excluding tert-OH is 1. The highest BCUT2D eigenvalue weighted by Crippen LogP contribution is 2.34. The Morgan fingerprint density at radius 2 is 2.12 bits per heavy atom. The third-order valence-corrected chi connectivity index (χ3v) is 5.11. The number of fused-ring (bicyclic) bond motifs is 1. The van der Waals surface area contributed by atoms with Crippen LogP contribution in [-0.2, 0) is 4.74 Å². The number of carbonyl (C=O) groups excluding carboxylic acids is 1. The monoisotopic (exact) mass is 472 g/mol. The lowest BCUT2D eigenvalue weighted by molar-refractivity contribution is 0.00853. The van der Waals surface area contributed by atoms with Gasteiger partial charge in [0.2, 0.25) is 0 Å². The molecule has 8 heteroatoms. The van der Waals surface area contributed by atoms with Gasteiger partial charge in [0, 0.05) is 36.8 Å². The van der Waals surface area contributed by atoms with Crippen LogP contribution in [-0.4, -0.2) is 52.9 Å². The summed E-state index contributed by atoms with van der Waals surface area (Å²) in [7, 11) is 2.02. The molecular formula is C18H25IN4O3. The lowest BCUT2D eigenvalue weighted by Gasteiger charge is -2.45. The normalized spacial score (nSPS) is 16.5. The molecular weight excluding hydrogens is 447 g/mol. The minimum atomic E-state index is -1.03. The van der Waals surface area contributed by atoms with Crippen LogP contribution in [0.1, 0.15) is 32.6 Å². The van der Waals surface area contributed by atoms with Crippen LogP contribution in [0, 0.1) is 3.70 Å². The maximum absolute atomic E-state index is 12.1. The number of halogens is 1. The number of anilines is 1. The van der Waals surface area contributed by atoms with Crippen LogP contribution < -0.4 is 10.6 Å². The fraction of sp³-hybridized carbons (Fsp3) is 0.500. The van der Waals surface area contributed by atoms with Crippen molar-refractivity contribution in [2.75, 3.05) is 25.0 Å². The van der Waals surface area contributed by atoms with Crippen molar-refractivity contribution >= 4 is 45.3 Å². The predicted octanol–water partition coefficient (Wildman–Crippen LogP) is 2.78. The predicted molar refractivity (Wildman–Crippen MR) is 110 cm³/mol. The number of aromatic nitrogens is 1. The molecule has 0 radical (unpaired) electrons. The van der Waals surface area contributed by atoms with Gasteiger partial charge in [0.25, 0.3) is 0 Å². The first kappa shape index (κ1) is 19.2. The van der Waals surface area contributed by atoms with E-state index in [4.69, 9.17) is 10.5 Å². The standard InChI is InChI=1S/C18H25IN4O3/c1-18(2,3)26-17(25)23-8-10(9-23)22(4)13-6-5-11(16(20)24)15-12(13)7-14(19)21-15/h5-7,10,16,21,24H,8-9,20H2,1-4H3. The van der Waals surface area contributed by atoms with Crippen molar-refractivity contribution in [1.82, 2.24) is 9.88 Å². The lowest BCUT2D eigenvalue weighted by Crippen LogP contribution is -2.61. The van der Waals surface area contributed by atoms with Crippen molar-refractivity contribution in [2.45, 2.75) is 38.6 Å². The molecule has 1 amide bonds. The van der Waals surface area contributed by atoms with E-state index in [1.807, 2.05) is 46.0 Å². The van der Waals surface area contributed by atoms with Gasteiger partial charge in [0.1, 0.15) is 11.8 Å². The van der Waals surface area contributed by atoms with Gasteiger partial charge in [0.15, 0.2) is 0 Å². The van der Waals surface area contributed by atoms with Crippen LogP contribution in [0.25, 0.3) is 10.9 Å². The molecule has 1 aromatic heterocycles. The summed E-state index contributed by atoms with van der Waals surface area (Å²) in [4.78, 5) is 19.3. The number of likely N-dealkylation sites (N-methyl/N-ethyl adjacent to an activating group) is 1. The molecule has 2 heterocycles. The Labute approximate surface area is 166 Å². The Balaban J connectivity index is 1.77. The summed E-state index contributed by atoms with van der Waals surface area (Å²) in [5, 5.41) is 10.8. The van der Waals surface area contributed by atoms with Gasteiger partial charge >= 0.3 is 6.09 Å². The number of amides is 1. The van der Waals surface area contributed by atoms with Gasteiger partial charge in [0.05, 0.1) is 15.3 Å². The van der Waals surface area contributed by atoms with Gasteiger partial charge in [-0.15, -0.1) is 0 Å². The zero-order chi connectivity index (χ0) is 19.2. The summed E-state index contributed by atoms with van der Waals surface area (Å²) in [5.41, 5.74) is 7.74. The van der Waals surface area contributed by atoms with Gasteiger partial charge in [-0.3, -0.25) is 0 Å². The first-order valence-electron chi connectivity index (χ1n) is 8.52. The average molecular weight is 472 g/mol. The van der Waals surface area contributed by atoms with Crippen LogP contribution in [0.2, 0.25) is 0 Å². The number of hydrogen-bond acceptors (Lipinski definition) is 5. The minimum Gasteiger partial charge on any atom is -0.444 e. The van der Waals surface area contributed by atoms with Crippen molar-refractivity contribution in [3.8, 4) is 0 Å². The first-order chi connectivity index (χ1) is 12.1. The third-order valence-electron chi connectivity index (χ3n) is 4.53. The second-order valence-corrected chi connectivity index (χ2v) is 8.84. The molecule has 142 valence electrons. The van der Waals surface area contributed by atoms with E-state index in [9.17, 15) is 9.90 Å². The van der Waals surface area contributed by atoms with Crippen molar-refractivity contribution in [3.05, 3.63) is 27.5 Å². The number of aromatic amines is 1. The Bertz CT molecular complexity index is 822. The van der Waals surface area contributed by atoms with Crippen LogP contribution >= 0.6 is 22.6 Å². The number of nitrogens with zero attached hydrogens (tertiary/aromatic N) is 2. The molecule has 0 saturated carbocycles. The molecule has 1 unspecified atom stereocenters. The van der Waals surface area contributed by atoms with Gasteiger partial charge < -0.3 is 30.4 Å². The van der Waals surface area contributed by atoms with Crippen LogP contribution in [0.5, 0.6) is 0 Å². The molecule has 0 spiro atoms. The largest absolute Gasteiger partial charge is 0.444 e. The highest BCUT2D eigenvalue weighted by atomic mass is 127. The Morgan fingerprint density at radius 3 is 2.69 bits per heavy atom. The van der Waals surface area contributed by atoms with Gasteiger partial charge in [-0.25, -0.2) is 4.79 Å². The number of H-pyrrole nitrogens is 1. The molecule has 2 aromatic rings. The number of nitrogens with two attached hydrogens (primary N) is 1. The van der Waals surface area contributed by atoms with E-state index in [1.54, 1.807) is 4.90 Å². The second kappa shape index (κ2) is 6.90. The molecule has 1 atom stereocenters. The Hall–Kier alpha value is -1.52. The maximum Gasteiger partial charge on any atom is 0.410 e. The number of ether oxygens (including phenoxy) is 1. The average Bonchev–Trinajstić information content (AvgIpc) is 2.82. The van der Waals surface area contributed by atoms with Crippen molar-refractivity contribution in [1.29, 1.82) is 0 Å². The highest BCUT2D eigenvalue weighted by molar-refractivity contribution is 14.1. The molecule has 4 N–H and O–H groups in total. The van der Waals surface area contributed by atoms with E-state index < -0.39 is 11.8 Å². The SMILES string of the molecule is CN(c1ccc(C(N)O)c2[nH]c(I)cc12)C1CN(C(=O)OC(C)(C)C)C1. The van der Waals surface area contributed by atoms with Crippen LogP contribution in [0.3, 0.4) is 0 Å². The van der Waals surface area contributed by atoms with Crippen molar-refractivity contribution in [2.24, 2.45) is 5.73 Å².